The van der Waals surface area contributed by atoms with Crippen LogP contribution in [0.5, 0.6) is 0 Å². The molecule has 0 bridgehead atoms. The second kappa shape index (κ2) is 6.21. The molecule has 0 radical (unpaired) electrons. The molecule has 0 atom stereocenters. The van der Waals surface area contributed by atoms with Gasteiger partial charge >= 0.3 is 11.9 Å². The zero-order chi connectivity index (χ0) is 9.40. The van der Waals surface area contributed by atoms with Crippen LogP contribution in [-0.4, -0.2) is 28.8 Å². The van der Waals surface area contributed by atoms with E-state index in [1.807, 2.05) is 6.08 Å². The first kappa shape index (κ1) is 10.5. The molecule has 0 spiro atoms. The predicted octanol–water partition coefficient (Wildman–Crippen LogP) is 0.466. The topological polar surface area (TPSA) is 83.8 Å². The lowest BCUT2D eigenvalue weighted by atomic mass is 10.3. The third kappa shape index (κ3) is 6.60. The maximum atomic E-state index is 9.10. The van der Waals surface area contributed by atoms with E-state index in [1.165, 1.54) is 12.8 Å². The van der Waals surface area contributed by atoms with Gasteiger partial charge in [0, 0.05) is 0 Å². The molecule has 68 valence electrons. The van der Waals surface area contributed by atoms with Gasteiger partial charge in [-0.3, -0.25) is 0 Å². The van der Waals surface area contributed by atoms with Crippen molar-refractivity contribution in [3.8, 4) is 0 Å². The summed E-state index contributed by atoms with van der Waals surface area (Å²) in [6.45, 7) is 0.913. The molecular weight excluding hydrogens is 164 g/mol. The molecule has 0 saturated carbocycles. The van der Waals surface area contributed by atoms with E-state index >= 15 is 0 Å². The number of carboxylic acid groups (broad SMARTS) is 2. The van der Waals surface area contributed by atoms with Crippen molar-refractivity contribution in [1.29, 1.82) is 0 Å². The third-order valence-corrected chi connectivity index (χ3v) is 1.01. The summed E-state index contributed by atoms with van der Waals surface area (Å²) in [7, 11) is 0. The Morgan fingerprint density at radius 2 is 1.83 bits per heavy atom. The average molecular weight is 174 g/mol. The van der Waals surface area contributed by atoms with Crippen molar-refractivity contribution in [3.63, 3.8) is 0 Å². The zero-order valence-corrected chi connectivity index (χ0v) is 6.40. The third-order valence-electron chi connectivity index (χ3n) is 1.01. The first-order valence-electron chi connectivity index (χ1n) is 3.37. The molecule has 0 aromatic heterocycles. The molecule has 0 amide bonds. The zero-order valence-electron chi connectivity index (χ0n) is 6.40. The summed E-state index contributed by atoms with van der Waals surface area (Å²) in [5.41, 5.74) is 0. The molecule has 1 aliphatic heterocycles. The summed E-state index contributed by atoms with van der Waals surface area (Å²) >= 11 is 0. The quantitative estimate of drug-likeness (QED) is 0.521. The predicted molar refractivity (Wildman–Crippen MR) is 39.6 cm³/mol. The van der Waals surface area contributed by atoms with Gasteiger partial charge in [-0.2, -0.15) is 0 Å². The molecule has 1 aliphatic rings. The Hall–Kier alpha value is -1.52. The molecular formula is C7H10O5. The smallest absolute Gasteiger partial charge is 0.414 e. The normalized spacial score (nSPS) is 13.7. The van der Waals surface area contributed by atoms with Crippen LogP contribution in [0.1, 0.15) is 12.8 Å². The fourth-order valence-electron chi connectivity index (χ4n) is 0.489. The van der Waals surface area contributed by atoms with Crippen LogP contribution in [0.3, 0.4) is 0 Å². The lowest BCUT2D eigenvalue weighted by molar-refractivity contribution is -0.159. The molecule has 0 fully saturated rings. The van der Waals surface area contributed by atoms with Gasteiger partial charge in [-0.05, 0) is 18.9 Å². The van der Waals surface area contributed by atoms with Crippen LogP contribution in [0.2, 0.25) is 0 Å². The first-order valence-corrected chi connectivity index (χ1v) is 3.37. The highest BCUT2D eigenvalue weighted by atomic mass is 16.5. The van der Waals surface area contributed by atoms with Crippen molar-refractivity contribution < 1.29 is 24.5 Å². The van der Waals surface area contributed by atoms with Gasteiger partial charge in [0.2, 0.25) is 0 Å². The lowest BCUT2D eigenvalue weighted by Gasteiger charge is -2.01. The molecule has 0 aromatic carbocycles. The van der Waals surface area contributed by atoms with Crippen molar-refractivity contribution in [2.45, 2.75) is 12.8 Å². The van der Waals surface area contributed by atoms with E-state index < -0.39 is 11.9 Å². The summed E-state index contributed by atoms with van der Waals surface area (Å²) in [5.74, 6) is -3.65. The van der Waals surface area contributed by atoms with Crippen LogP contribution in [0, 0.1) is 0 Å². The molecule has 0 aromatic rings. The molecule has 1 heterocycles. The van der Waals surface area contributed by atoms with E-state index in [-0.39, 0.29) is 0 Å². The van der Waals surface area contributed by atoms with Gasteiger partial charge in [-0.25, -0.2) is 9.59 Å². The van der Waals surface area contributed by atoms with Gasteiger partial charge in [0.05, 0.1) is 12.9 Å². The van der Waals surface area contributed by atoms with Crippen LogP contribution >= 0.6 is 0 Å². The second-order valence-electron chi connectivity index (χ2n) is 2.00. The summed E-state index contributed by atoms with van der Waals surface area (Å²) in [5, 5.41) is 14.8. The molecule has 0 unspecified atom stereocenters. The number of rotatable bonds is 0. The number of allylic oxidation sites excluding steroid dienone is 1. The average Bonchev–Trinajstić information content (AvgIpc) is 2.08. The summed E-state index contributed by atoms with van der Waals surface area (Å²) in [6, 6.07) is 0. The van der Waals surface area contributed by atoms with Crippen LogP contribution in [-0.2, 0) is 14.3 Å². The molecule has 0 saturated heterocycles. The lowest BCUT2D eigenvalue weighted by Crippen LogP contribution is -2.09. The van der Waals surface area contributed by atoms with Crippen LogP contribution in [0.4, 0.5) is 0 Å². The van der Waals surface area contributed by atoms with Crippen molar-refractivity contribution in [1.82, 2.24) is 0 Å². The minimum absolute atomic E-state index is 0.913. The van der Waals surface area contributed by atoms with E-state index in [2.05, 4.69) is 0 Å². The van der Waals surface area contributed by atoms with Gasteiger partial charge in [-0.1, -0.05) is 0 Å². The highest BCUT2D eigenvalue weighted by Crippen LogP contribution is 1.97. The minimum Gasteiger partial charge on any atom is -0.502 e. The summed E-state index contributed by atoms with van der Waals surface area (Å²) in [4.78, 5) is 18.2. The fraction of sp³-hybridized carbons (Fsp3) is 0.429. The van der Waals surface area contributed by atoms with Crippen LogP contribution in [0.25, 0.3) is 0 Å². The fourth-order valence-corrected chi connectivity index (χ4v) is 0.489. The number of ether oxygens (including phenoxy) is 1. The minimum atomic E-state index is -1.82. The number of carbonyl (C=O) groups is 2. The second-order valence-corrected chi connectivity index (χ2v) is 2.00. The number of aliphatic carboxylic acids is 2. The van der Waals surface area contributed by atoms with Gasteiger partial charge in [0.15, 0.2) is 0 Å². The van der Waals surface area contributed by atoms with E-state index in [4.69, 9.17) is 24.5 Å². The van der Waals surface area contributed by atoms with E-state index in [1.54, 1.807) is 6.26 Å². The highest BCUT2D eigenvalue weighted by Gasteiger charge is 2.04. The summed E-state index contributed by atoms with van der Waals surface area (Å²) < 4.78 is 4.89. The Morgan fingerprint density at radius 3 is 1.92 bits per heavy atom. The number of carboxylic acids is 2. The van der Waals surface area contributed by atoms with Crippen molar-refractivity contribution in [2.75, 3.05) is 6.61 Å². The Bertz CT molecular complexity index is 164. The van der Waals surface area contributed by atoms with Gasteiger partial charge in [0.1, 0.15) is 0 Å². The molecule has 5 heteroatoms. The van der Waals surface area contributed by atoms with Crippen LogP contribution in [0.15, 0.2) is 12.3 Å². The SMILES string of the molecule is C1=COCCC1.O=C(O)C(=O)O. The van der Waals surface area contributed by atoms with Gasteiger partial charge in [-0.15, -0.1) is 0 Å². The Morgan fingerprint density at radius 1 is 1.25 bits per heavy atom. The number of hydrogen-bond donors (Lipinski definition) is 2. The van der Waals surface area contributed by atoms with Crippen molar-refractivity contribution in [2.24, 2.45) is 0 Å². The Kier molecular flexibility index (Phi) is 5.42. The maximum Gasteiger partial charge on any atom is 0.414 e. The Balaban J connectivity index is 0.000000202. The largest absolute Gasteiger partial charge is 0.502 e. The molecule has 12 heavy (non-hydrogen) atoms. The molecule has 0 aliphatic carbocycles. The standard InChI is InChI=1S/C5H8O.C2H2O4/c1-2-4-6-5-3-1;3-1(4)2(5)6/h2,4H,1,3,5H2;(H,3,4)(H,5,6). The maximum absolute atomic E-state index is 9.10. The monoisotopic (exact) mass is 174 g/mol. The van der Waals surface area contributed by atoms with Gasteiger partial charge in [0.25, 0.3) is 0 Å². The van der Waals surface area contributed by atoms with E-state index in [0.29, 0.717) is 0 Å². The van der Waals surface area contributed by atoms with E-state index in [0.717, 1.165) is 6.61 Å². The molecule has 1 rings (SSSR count). The molecule has 5 nitrogen and oxygen atoms in total. The van der Waals surface area contributed by atoms with Crippen molar-refractivity contribution >= 4 is 11.9 Å². The highest BCUT2D eigenvalue weighted by molar-refractivity contribution is 6.27. The number of hydrogen-bond acceptors (Lipinski definition) is 3. The first-order chi connectivity index (χ1) is 5.64. The van der Waals surface area contributed by atoms with Crippen molar-refractivity contribution in [3.05, 3.63) is 12.3 Å². The Labute approximate surface area is 69.3 Å². The van der Waals surface area contributed by atoms with Crippen LogP contribution < -0.4 is 0 Å². The van der Waals surface area contributed by atoms with Gasteiger partial charge < -0.3 is 14.9 Å². The van der Waals surface area contributed by atoms with E-state index in [9.17, 15) is 0 Å². The molecule has 2 N–H and O–H groups in total. The summed E-state index contributed by atoms with van der Waals surface area (Å²) in [6.07, 6.45) is 6.20.